The largest absolute Gasteiger partial charge is 0.486 e. The molecule has 0 radical (unpaired) electrons. The zero-order valence-electron chi connectivity index (χ0n) is 17.2. The summed E-state index contributed by atoms with van der Waals surface area (Å²) in [7, 11) is 0. The molecule has 0 spiro atoms. The number of carbonyl (C=O) groups is 1. The number of carboxylic acid groups (broad SMARTS) is 1. The van der Waals surface area contributed by atoms with Crippen molar-refractivity contribution in [1.82, 2.24) is 10.2 Å². The SMILES string of the molecule is CC#CC(CC(=O)O)c1ccc(O[C@@H](CCOCC)c2ccc3[nH]ncc3c2)cc1. The molecule has 30 heavy (non-hydrogen) atoms. The highest BCUT2D eigenvalue weighted by atomic mass is 16.5. The molecule has 1 unspecified atom stereocenters. The number of nitrogens with one attached hydrogen (secondary N) is 1. The van der Waals surface area contributed by atoms with Gasteiger partial charge in [0.2, 0.25) is 0 Å². The molecule has 0 saturated heterocycles. The molecule has 156 valence electrons. The standard InChI is InChI=1S/C24H26N2O4/c1-3-5-18(15-24(27)28)17-6-9-21(10-7-17)30-23(12-13-29-4-2)19-8-11-22-20(14-19)16-25-26-22/h6-11,14,16,18,23H,4,12-13,15H2,1-2H3,(H,25,26)(H,27,28)/t18?,23-/m0/s1. The third kappa shape index (κ3) is 5.62. The summed E-state index contributed by atoms with van der Waals surface area (Å²) in [6.45, 7) is 4.94. The Bertz CT molecular complexity index is 1030. The van der Waals surface area contributed by atoms with E-state index in [0.29, 0.717) is 25.4 Å². The van der Waals surface area contributed by atoms with Crippen LogP contribution < -0.4 is 4.74 Å². The highest BCUT2D eigenvalue weighted by molar-refractivity contribution is 5.78. The normalized spacial score (nSPS) is 12.7. The minimum absolute atomic E-state index is 0.0251. The lowest BCUT2D eigenvalue weighted by molar-refractivity contribution is -0.137. The summed E-state index contributed by atoms with van der Waals surface area (Å²) < 4.78 is 11.8. The molecule has 0 saturated carbocycles. The predicted molar refractivity (Wildman–Crippen MR) is 115 cm³/mol. The number of nitrogens with zero attached hydrogens (tertiary/aromatic N) is 1. The number of aromatic amines is 1. The predicted octanol–water partition coefficient (Wildman–Crippen LogP) is 4.69. The van der Waals surface area contributed by atoms with E-state index >= 15 is 0 Å². The van der Waals surface area contributed by atoms with Gasteiger partial charge in [0.15, 0.2) is 0 Å². The molecule has 1 heterocycles. The number of ether oxygens (including phenoxy) is 2. The first-order valence-electron chi connectivity index (χ1n) is 10.0. The molecular weight excluding hydrogens is 380 g/mol. The third-order valence-corrected chi connectivity index (χ3v) is 4.82. The van der Waals surface area contributed by atoms with Gasteiger partial charge < -0.3 is 14.6 Å². The number of benzene rings is 2. The van der Waals surface area contributed by atoms with Crippen molar-refractivity contribution in [1.29, 1.82) is 0 Å². The topological polar surface area (TPSA) is 84.4 Å². The molecule has 0 bridgehead atoms. The molecule has 0 aliphatic rings. The van der Waals surface area contributed by atoms with Gasteiger partial charge in [-0.2, -0.15) is 5.10 Å². The minimum atomic E-state index is -0.867. The van der Waals surface area contributed by atoms with E-state index in [1.54, 1.807) is 13.1 Å². The van der Waals surface area contributed by atoms with Crippen LogP contribution in [0.4, 0.5) is 0 Å². The maximum Gasteiger partial charge on any atom is 0.304 e. The zero-order chi connectivity index (χ0) is 21.3. The smallest absolute Gasteiger partial charge is 0.304 e. The lowest BCUT2D eigenvalue weighted by atomic mass is 9.96. The lowest BCUT2D eigenvalue weighted by Crippen LogP contribution is -2.11. The van der Waals surface area contributed by atoms with E-state index < -0.39 is 5.97 Å². The molecule has 3 rings (SSSR count). The van der Waals surface area contributed by atoms with Gasteiger partial charge in [-0.05, 0) is 49.2 Å². The number of hydrogen-bond donors (Lipinski definition) is 2. The van der Waals surface area contributed by atoms with Gasteiger partial charge in [0.05, 0.1) is 30.7 Å². The van der Waals surface area contributed by atoms with E-state index in [9.17, 15) is 4.79 Å². The van der Waals surface area contributed by atoms with E-state index in [0.717, 1.165) is 22.0 Å². The van der Waals surface area contributed by atoms with E-state index in [4.69, 9.17) is 14.6 Å². The third-order valence-electron chi connectivity index (χ3n) is 4.82. The van der Waals surface area contributed by atoms with E-state index in [1.165, 1.54) is 0 Å². The van der Waals surface area contributed by atoms with Gasteiger partial charge in [-0.25, -0.2) is 0 Å². The van der Waals surface area contributed by atoms with Crippen molar-refractivity contribution >= 4 is 16.9 Å². The fraction of sp³-hybridized carbons (Fsp3) is 0.333. The molecule has 0 aliphatic heterocycles. The molecule has 6 heteroatoms. The van der Waals surface area contributed by atoms with Crippen LogP contribution >= 0.6 is 0 Å². The summed E-state index contributed by atoms with van der Waals surface area (Å²) in [6, 6.07) is 13.6. The van der Waals surface area contributed by atoms with Crippen molar-refractivity contribution in [2.75, 3.05) is 13.2 Å². The van der Waals surface area contributed by atoms with E-state index in [-0.39, 0.29) is 18.4 Å². The summed E-state index contributed by atoms with van der Waals surface area (Å²) in [5, 5.41) is 17.2. The van der Waals surface area contributed by atoms with Crippen LogP contribution in [0.1, 0.15) is 49.8 Å². The van der Waals surface area contributed by atoms with Gasteiger partial charge in [-0.1, -0.05) is 24.1 Å². The Morgan fingerprint density at radius 2 is 1.97 bits per heavy atom. The number of aliphatic carboxylic acids is 1. The quantitative estimate of drug-likeness (QED) is 0.377. The second-order valence-electron chi connectivity index (χ2n) is 6.92. The first kappa shape index (κ1) is 21.4. The summed E-state index contributed by atoms with van der Waals surface area (Å²) in [6.07, 6.45) is 2.31. The summed E-state index contributed by atoms with van der Waals surface area (Å²) in [5.41, 5.74) is 2.89. The number of fused-ring (bicyclic) bond motifs is 1. The second kappa shape index (κ2) is 10.5. The Morgan fingerprint density at radius 3 is 2.67 bits per heavy atom. The van der Waals surface area contributed by atoms with Crippen LogP contribution in [0, 0.1) is 11.8 Å². The molecule has 0 fully saturated rings. The summed E-state index contributed by atoms with van der Waals surface area (Å²) in [4.78, 5) is 11.1. The Hall–Kier alpha value is -3.30. The van der Waals surface area contributed by atoms with Crippen molar-refractivity contribution in [3.8, 4) is 17.6 Å². The van der Waals surface area contributed by atoms with Gasteiger partial charge in [0, 0.05) is 18.4 Å². The van der Waals surface area contributed by atoms with Crippen molar-refractivity contribution in [2.24, 2.45) is 0 Å². The number of rotatable bonds is 10. The molecule has 0 aliphatic carbocycles. The minimum Gasteiger partial charge on any atom is -0.486 e. The maximum absolute atomic E-state index is 11.1. The van der Waals surface area contributed by atoms with Crippen LogP contribution in [0.3, 0.4) is 0 Å². The average molecular weight is 406 g/mol. The highest BCUT2D eigenvalue weighted by Crippen LogP contribution is 2.29. The number of H-pyrrole nitrogens is 1. The van der Waals surface area contributed by atoms with Crippen molar-refractivity contribution in [2.45, 2.75) is 38.7 Å². The first-order chi connectivity index (χ1) is 14.6. The zero-order valence-corrected chi connectivity index (χ0v) is 17.2. The second-order valence-corrected chi connectivity index (χ2v) is 6.92. The monoisotopic (exact) mass is 406 g/mol. The van der Waals surface area contributed by atoms with Gasteiger partial charge in [0.1, 0.15) is 11.9 Å². The summed E-state index contributed by atoms with van der Waals surface area (Å²) in [5.74, 6) is 5.30. The molecule has 3 aromatic rings. The molecule has 1 aromatic heterocycles. The Morgan fingerprint density at radius 1 is 1.20 bits per heavy atom. The van der Waals surface area contributed by atoms with E-state index in [2.05, 4.69) is 28.1 Å². The fourth-order valence-corrected chi connectivity index (χ4v) is 3.33. The fourth-order valence-electron chi connectivity index (χ4n) is 3.33. The van der Waals surface area contributed by atoms with Crippen LogP contribution in [-0.2, 0) is 9.53 Å². The van der Waals surface area contributed by atoms with Gasteiger partial charge >= 0.3 is 5.97 Å². The Kier molecular flexibility index (Phi) is 7.47. The molecule has 2 N–H and O–H groups in total. The van der Waals surface area contributed by atoms with Crippen LogP contribution in [0.5, 0.6) is 5.75 Å². The molecule has 2 atom stereocenters. The maximum atomic E-state index is 11.1. The van der Waals surface area contributed by atoms with Gasteiger partial charge in [-0.15, -0.1) is 5.92 Å². The number of carboxylic acids is 1. The summed E-state index contributed by atoms with van der Waals surface area (Å²) >= 11 is 0. The van der Waals surface area contributed by atoms with Crippen LogP contribution in [0.15, 0.2) is 48.7 Å². The van der Waals surface area contributed by atoms with Crippen LogP contribution in [0.2, 0.25) is 0 Å². The number of hydrogen-bond acceptors (Lipinski definition) is 4. The van der Waals surface area contributed by atoms with Gasteiger partial charge in [0.25, 0.3) is 0 Å². The molecule has 0 amide bonds. The van der Waals surface area contributed by atoms with Gasteiger partial charge in [-0.3, -0.25) is 9.89 Å². The average Bonchev–Trinajstić information content (AvgIpc) is 3.21. The number of aromatic nitrogens is 2. The van der Waals surface area contributed by atoms with Crippen molar-refractivity contribution < 1.29 is 19.4 Å². The van der Waals surface area contributed by atoms with Crippen molar-refractivity contribution in [3.63, 3.8) is 0 Å². The van der Waals surface area contributed by atoms with E-state index in [1.807, 2.05) is 43.3 Å². The molecular formula is C24H26N2O4. The van der Waals surface area contributed by atoms with Crippen molar-refractivity contribution in [3.05, 3.63) is 59.8 Å². The Balaban J connectivity index is 1.79. The van der Waals surface area contributed by atoms with Crippen LogP contribution in [0.25, 0.3) is 10.9 Å². The highest BCUT2D eigenvalue weighted by Gasteiger charge is 2.16. The van der Waals surface area contributed by atoms with Crippen LogP contribution in [-0.4, -0.2) is 34.5 Å². The Labute approximate surface area is 176 Å². The molecule has 6 nitrogen and oxygen atoms in total. The lowest BCUT2D eigenvalue weighted by Gasteiger charge is -2.20. The first-order valence-corrected chi connectivity index (χ1v) is 10.0. The molecule has 2 aromatic carbocycles.